The van der Waals surface area contributed by atoms with Crippen molar-refractivity contribution in [2.45, 2.75) is 0 Å². The van der Waals surface area contributed by atoms with E-state index in [4.69, 9.17) is 4.74 Å². The van der Waals surface area contributed by atoms with Gasteiger partial charge in [0.05, 0.1) is 12.7 Å². The highest BCUT2D eigenvalue weighted by atomic mass is 16.5. The summed E-state index contributed by atoms with van der Waals surface area (Å²) in [5.74, 6) is -0.340. The molecule has 0 amide bonds. The summed E-state index contributed by atoms with van der Waals surface area (Å²) in [4.78, 5) is 11.8. The monoisotopic (exact) mass is 266 g/mol. The molecule has 100 valence electrons. The van der Waals surface area contributed by atoms with Gasteiger partial charge in [-0.25, -0.2) is 4.79 Å². The Morgan fingerprint density at radius 3 is 1.70 bits per heavy atom. The fourth-order valence-corrected chi connectivity index (χ4v) is 2.14. The number of hydrogen-bond acceptors (Lipinski definition) is 2. The van der Waals surface area contributed by atoms with E-state index in [9.17, 15) is 4.79 Å². The topological polar surface area (TPSA) is 36.2 Å². The predicted molar refractivity (Wildman–Crippen MR) is 76.4 cm³/mol. The molecule has 0 unspecified atom stereocenters. The highest BCUT2D eigenvalue weighted by molar-refractivity contribution is 5.90. The molecule has 3 aromatic rings. The summed E-state index contributed by atoms with van der Waals surface area (Å²) >= 11 is 0. The highest BCUT2D eigenvalue weighted by Gasteiger charge is 2.10. The lowest BCUT2D eigenvalue weighted by Gasteiger charge is -2.10. The first-order chi connectivity index (χ1) is 9.78. The molecule has 1 aromatic carbocycles. The molecule has 20 heavy (non-hydrogen) atoms. The second-order valence-electron chi connectivity index (χ2n) is 4.41. The van der Waals surface area contributed by atoms with Crippen LogP contribution in [0.5, 0.6) is 0 Å². The van der Waals surface area contributed by atoms with Gasteiger partial charge in [0.15, 0.2) is 0 Å². The zero-order valence-corrected chi connectivity index (χ0v) is 11.1. The Morgan fingerprint density at radius 1 is 0.850 bits per heavy atom. The number of aromatic nitrogens is 2. The van der Waals surface area contributed by atoms with E-state index in [1.54, 1.807) is 0 Å². The van der Waals surface area contributed by atoms with Crippen LogP contribution in [-0.2, 0) is 4.74 Å². The molecule has 4 heteroatoms. The van der Waals surface area contributed by atoms with Crippen LogP contribution in [0.15, 0.2) is 67.3 Å². The van der Waals surface area contributed by atoms with Gasteiger partial charge in [-0.05, 0) is 42.5 Å². The number of rotatable bonds is 3. The van der Waals surface area contributed by atoms with E-state index in [1.807, 2.05) is 76.4 Å². The largest absolute Gasteiger partial charge is 0.465 e. The maximum atomic E-state index is 11.8. The van der Waals surface area contributed by atoms with E-state index in [0.29, 0.717) is 5.56 Å². The van der Waals surface area contributed by atoms with Crippen LogP contribution in [0, 0.1) is 0 Å². The smallest absolute Gasteiger partial charge is 0.337 e. The van der Waals surface area contributed by atoms with E-state index >= 15 is 0 Å². The SMILES string of the molecule is COC(=O)c1cc(-n2cccc2)cc(-n2cccc2)c1. The van der Waals surface area contributed by atoms with E-state index in [0.717, 1.165) is 11.4 Å². The molecule has 3 rings (SSSR count). The van der Waals surface area contributed by atoms with E-state index in [1.165, 1.54) is 7.11 Å². The summed E-state index contributed by atoms with van der Waals surface area (Å²) in [6, 6.07) is 13.4. The van der Waals surface area contributed by atoms with Crippen LogP contribution in [0.1, 0.15) is 10.4 Å². The summed E-state index contributed by atoms with van der Waals surface area (Å²) < 4.78 is 8.74. The summed E-state index contributed by atoms with van der Waals surface area (Å²) in [5, 5.41) is 0. The van der Waals surface area contributed by atoms with Crippen LogP contribution < -0.4 is 0 Å². The van der Waals surface area contributed by atoms with Gasteiger partial charge in [-0.15, -0.1) is 0 Å². The first-order valence-electron chi connectivity index (χ1n) is 6.28. The second-order valence-corrected chi connectivity index (χ2v) is 4.41. The van der Waals surface area contributed by atoms with Gasteiger partial charge in [-0.3, -0.25) is 0 Å². The van der Waals surface area contributed by atoms with Crippen molar-refractivity contribution >= 4 is 5.97 Å². The first-order valence-corrected chi connectivity index (χ1v) is 6.28. The predicted octanol–water partition coefficient (Wildman–Crippen LogP) is 3.05. The lowest BCUT2D eigenvalue weighted by Crippen LogP contribution is -2.05. The second kappa shape index (κ2) is 5.09. The standard InChI is InChI=1S/C16H14N2O2/c1-20-16(19)13-10-14(17-6-2-3-7-17)12-15(11-13)18-8-4-5-9-18/h2-12H,1H3. The fourth-order valence-electron chi connectivity index (χ4n) is 2.14. The molecule has 0 saturated heterocycles. The number of hydrogen-bond donors (Lipinski definition) is 0. The lowest BCUT2D eigenvalue weighted by molar-refractivity contribution is 0.0600. The number of benzene rings is 1. The molecule has 0 radical (unpaired) electrons. The maximum Gasteiger partial charge on any atom is 0.337 e. The minimum absolute atomic E-state index is 0.340. The van der Waals surface area contributed by atoms with Crippen molar-refractivity contribution in [2.24, 2.45) is 0 Å². The van der Waals surface area contributed by atoms with Crippen LogP contribution in [-0.4, -0.2) is 22.2 Å². The Labute approximate surface area is 116 Å². The molecule has 0 bridgehead atoms. The van der Waals surface area contributed by atoms with Crippen molar-refractivity contribution in [2.75, 3.05) is 7.11 Å². The number of carbonyl (C=O) groups is 1. The zero-order chi connectivity index (χ0) is 13.9. The molecule has 2 aromatic heterocycles. The Bertz CT molecular complexity index is 661. The zero-order valence-electron chi connectivity index (χ0n) is 11.1. The number of methoxy groups -OCH3 is 1. The molecule has 2 heterocycles. The number of carbonyl (C=O) groups excluding carboxylic acids is 1. The van der Waals surface area contributed by atoms with E-state index in [2.05, 4.69) is 0 Å². The normalized spacial score (nSPS) is 10.4. The molecule has 0 spiro atoms. The molecule has 0 saturated carbocycles. The van der Waals surface area contributed by atoms with Crippen LogP contribution in [0.3, 0.4) is 0 Å². The Balaban J connectivity index is 2.15. The van der Waals surface area contributed by atoms with Crippen molar-refractivity contribution in [1.29, 1.82) is 0 Å². The van der Waals surface area contributed by atoms with E-state index < -0.39 is 0 Å². The number of esters is 1. The average Bonchev–Trinajstić information content (AvgIpc) is 3.18. The molecular weight excluding hydrogens is 252 g/mol. The third kappa shape index (κ3) is 2.23. The molecule has 0 fully saturated rings. The maximum absolute atomic E-state index is 11.8. The summed E-state index contributed by atoms with van der Waals surface area (Å²) in [5.41, 5.74) is 2.37. The van der Waals surface area contributed by atoms with Crippen LogP contribution in [0.2, 0.25) is 0 Å². The Kier molecular flexibility index (Phi) is 3.13. The molecule has 0 N–H and O–H groups in total. The number of nitrogens with zero attached hydrogens (tertiary/aromatic N) is 2. The van der Waals surface area contributed by atoms with Gasteiger partial charge >= 0.3 is 5.97 Å². The van der Waals surface area contributed by atoms with Gasteiger partial charge < -0.3 is 13.9 Å². The van der Waals surface area contributed by atoms with Crippen molar-refractivity contribution in [1.82, 2.24) is 9.13 Å². The first kappa shape index (κ1) is 12.3. The van der Waals surface area contributed by atoms with E-state index in [-0.39, 0.29) is 5.97 Å². The highest BCUT2D eigenvalue weighted by Crippen LogP contribution is 2.19. The van der Waals surface area contributed by atoms with Gasteiger partial charge in [-0.2, -0.15) is 0 Å². The molecule has 0 aliphatic heterocycles. The van der Waals surface area contributed by atoms with Crippen LogP contribution in [0.25, 0.3) is 11.4 Å². The average molecular weight is 266 g/mol. The van der Waals surface area contributed by atoms with Gasteiger partial charge in [0.1, 0.15) is 0 Å². The Hall–Kier alpha value is -2.75. The lowest BCUT2D eigenvalue weighted by atomic mass is 10.1. The van der Waals surface area contributed by atoms with Crippen molar-refractivity contribution in [3.63, 3.8) is 0 Å². The number of ether oxygens (including phenoxy) is 1. The quantitative estimate of drug-likeness (QED) is 0.683. The van der Waals surface area contributed by atoms with Crippen LogP contribution in [0.4, 0.5) is 0 Å². The van der Waals surface area contributed by atoms with Gasteiger partial charge in [0, 0.05) is 36.2 Å². The van der Waals surface area contributed by atoms with Crippen molar-refractivity contribution in [3.05, 3.63) is 72.8 Å². The Morgan fingerprint density at radius 2 is 1.30 bits per heavy atom. The summed E-state index contributed by atoms with van der Waals surface area (Å²) in [7, 11) is 1.39. The van der Waals surface area contributed by atoms with Crippen molar-refractivity contribution in [3.8, 4) is 11.4 Å². The van der Waals surface area contributed by atoms with Gasteiger partial charge in [0.25, 0.3) is 0 Å². The van der Waals surface area contributed by atoms with Crippen LogP contribution >= 0.6 is 0 Å². The third-order valence-corrected chi connectivity index (χ3v) is 3.13. The summed E-state index contributed by atoms with van der Waals surface area (Å²) in [6.45, 7) is 0. The van der Waals surface area contributed by atoms with Crippen molar-refractivity contribution < 1.29 is 9.53 Å². The molecule has 0 atom stereocenters. The van der Waals surface area contributed by atoms with Gasteiger partial charge in [-0.1, -0.05) is 0 Å². The molecule has 0 aliphatic carbocycles. The summed E-state index contributed by atoms with van der Waals surface area (Å²) in [6.07, 6.45) is 7.76. The fraction of sp³-hybridized carbons (Fsp3) is 0.0625. The molecule has 0 aliphatic rings. The third-order valence-electron chi connectivity index (χ3n) is 3.13. The minimum Gasteiger partial charge on any atom is -0.465 e. The van der Waals surface area contributed by atoms with Gasteiger partial charge in [0.2, 0.25) is 0 Å². The minimum atomic E-state index is -0.340. The molecule has 4 nitrogen and oxygen atoms in total. The molecular formula is C16H14N2O2.